The maximum atomic E-state index is 11.5. The Kier molecular flexibility index (Phi) is 3.09. The SMILES string of the molecule is C=CC(=O)OC1(C)CC2(C)CC(C)CC(O)(C2)C1. The van der Waals surface area contributed by atoms with Crippen LogP contribution in [-0.4, -0.2) is 22.3 Å². The predicted octanol–water partition coefficient (Wildman–Crippen LogP) is 2.83. The van der Waals surface area contributed by atoms with Crippen molar-refractivity contribution in [2.75, 3.05) is 0 Å². The molecule has 2 aliphatic rings. The first-order valence-electron chi connectivity index (χ1n) is 6.76. The summed E-state index contributed by atoms with van der Waals surface area (Å²) in [5.74, 6) is 0.145. The molecule has 2 rings (SSSR count). The van der Waals surface area contributed by atoms with Gasteiger partial charge in [-0.25, -0.2) is 4.79 Å². The molecule has 2 aliphatic carbocycles. The fourth-order valence-corrected chi connectivity index (χ4v) is 4.79. The summed E-state index contributed by atoms with van der Waals surface area (Å²) >= 11 is 0. The molecule has 3 nitrogen and oxygen atoms in total. The third kappa shape index (κ3) is 2.61. The molecule has 0 saturated heterocycles. The smallest absolute Gasteiger partial charge is 0.330 e. The lowest BCUT2D eigenvalue weighted by atomic mass is 9.54. The summed E-state index contributed by atoms with van der Waals surface area (Å²) in [6, 6.07) is 0. The van der Waals surface area contributed by atoms with Crippen molar-refractivity contribution in [3.05, 3.63) is 12.7 Å². The lowest BCUT2D eigenvalue weighted by Crippen LogP contribution is -2.56. The molecule has 0 aromatic rings. The molecule has 0 radical (unpaired) electrons. The van der Waals surface area contributed by atoms with Crippen LogP contribution in [-0.2, 0) is 9.53 Å². The second-order valence-electron chi connectivity index (χ2n) is 7.15. The Bertz CT molecular complexity index is 356. The highest BCUT2D eigenvalue weighted by Gasteiger charge is 2.55. The molecule has 4 atom stereocenters. The van der Waals surface area contributed by atoms with Gasteiger partial charge in [0.15, 0.2) is 0 Å². The topological polar surface area (TPSA) is 46.5 Å². The second kappa shape index (κ2) is 4.09. The number of aliphatic hydroxyl groups is 1. The Morgan fingerprint density at radius 2 is 2.00 bits per heavy atom. The molecule has 1 N–H and O–H groups in total. The largest absolute Gasteiger partial charge is 0.456 e. The maximum absolute atomic E-state index is 11.5. The van der Waals surface area contributed by atoms with Gasteiger partial charge < -0.3 is 9.84 Å². The van der Waals surface area contributed by atoms with Gasteiger partial charge in [-0.3, -0.25) is 0 Å². The fourth-order valence-electron chi connectivity index (χ4n) is 4.79. The summed E-state index contributed by atoms with van der Waals surface area (Å²) in [5.41, 5.74) is -1.17. The van der Waals surface area contributed by atoms with Crippen LogP contribution in [0.15, 0.2) is 12.7 Å². The Labute approximate surface area is 109 Å². The zero-order valence-corrected chi connectivity index (χ0v) is 11.7. The summed E-state index contributed by atoms with van der Waals surface area (Å²) in [6.45, 7) is 9.77. The van der Waals surface area contributed by atoms with Gasteiger partial charge in [-0.1, -0.05) is 20.4 Å². The molecule has 0 aliphatic heterocycles. The molecule has 18 heavy (non-hydrogen) atoms. The molecular formula is C15H24O3. The Morgan fingerprint density at radius 3 is 2.56 bits per heavy atom. The van der Waals surface area contributed by atoms with E-state index in [9.17, 15) is 9.90 Å². The molecular weight excluding hydrogens is 228 g/mol. The second-order valence-corrected chi connectivity index (χ2v) is 7.15. The van der Waals surface area contributed by atoms with Crippen LogP contribution >= 0.6 is 0 Å². The number of carbonyl (C=O) groups excluding carboxylic acids is 1. The fraction of sp³-hybridized carbons (Fsp3) is 0.800. The van der Waals surface area contributed by atoms with Gasteiger partial charge in [0.05, 0.1) is 5.60 Å². The molecule has 4 unspecified atom stereocenters. The summed E-state index contributed by atoms with van der Waals surface area (Å²) in [5, 5.41) is 10.7. The van der Waals surface area contributed by atoms with Crippen molar-refractivity contribution in [2.24, 2.45) is 11.3 Å². The van der Waals surface area contributed by atoms with Crippen LogP contribution < -0.4 is 0 Å². The number of hydrogen-bond acceptors (Lipinski definition) is 3. The van der Waals surface area contributed by atoms with Crippen molar-refractivity contribution >= 4 is 5.97 Å². The predicted molar refractivity (Wildman–Crippen MR) is 70.0 cm³/mol. The summed E-state index contributed by atoms with van der Waals surface area (Å²) in [4.78, 5) is 11.5. The van der Waals surface area contributed by atoms with Gasteiger partial charge in [0.25, 0.3) is 0 Å². The van der Waals surface area contributed by atoms with Crippen molar-refractivity contribution in [3.63, 3.8) is 0 Å². The first-order chi connectivity index (χ1) is 8.18. The van der Waals surface area contributed by atoms with Gasteiger partial charge in [0.1, 0.15) is 5.60 Å². The van der Waals surface area contributed by atoms with E-state index in [0.29, 0.717) is 12.3 Å². The standard InChI is InChI=1S/C15H24O3/c1-5-12(16)18-14(4)8-13(3)6-11(2)7-15(17,9-13)10-14/h5,11,17H,1,6-10H2,2-4H3. The minimum Gasteiger partial charge on any atom is -0.456 e. The summed E-state index contributed by atoms with van der Waals surface area (Å²) in [6.07, 6.45) is 5.29. The third-order valence-corrected chi connectivity index (χ3v) is 4.34. The number of rotatable bonds is 2. The van der Waals surface area contributed by atoms with Gasteiger partial charge >= 0.3 is 5.97 Å². The van der Waals surface area contributed by atoms with Crippen LogP contribution in [0.3, 0.4) is 0 Å². The van der Waals surface area contributed by atoms with E-state index < -0.39 is 17.2 Å². The highest BCUT2D eigenvalue weighted by molar-refractivity contribution is 5.81. The molecule has 0 aromatic heterocycles. The van der Waals surface area contributed by atoms with Crippen LogP contribution in [0.2, 0.25) is 0 Å². The van der Waals surface area contributed by atoms with Crippen LogP contribution in [0.1, 0.15) is 52.9 Å². The number of esters is 1. The highest BCUT2D eigenvalue weighted by atomic mass is 16.6. The van der Waals surface area contributed by atoms with Gasteiger partial charge in [-0.05, 0) is 43.9 Å². The third-order valence-electron chi connectivity index (χ3n) is 4.34. The maximum Gasteiger partial charge on any atom is 0.330 e. The van der Waals surface area contributed by atoms with Gasteiger partial charge in [0.2, 0.25) is 0 Å². The molecule has 3 heteroatoms. The number of carbonyl (C=O) groups is 1. The summed E-state index contributed by atoms with van der Waals surface area (Å²) < 4.78 is 5.51. The van der Waals surface area contributed by atoms with Crippen LogP contribution in [0.4, 0.5) is 0 Å². The van der Waals surface area contributed by atoms with E-state index in [2.05, 4.69) is 20.4 Å². The van der Waals surface area contributed by atoms with E-state index in [-0.39, 0.29) is 5.41 Å². The molecule has 0 heterocycles. The number of fused-ring (bicyclic) bond motifs is 2. The molecule has 0 spiro atoms. The van der Waals surface area contributed by atoms with E-state index in [1.54, 1.807) is 0 Å². The lowest BCUT2D eigenvalue weighted by molar-refractivity contribution is -0.194. The molecule has 0 aromatic carbocycles. The van der Waals surface area contributed by atoms with Crippen molar-refractivity contribution in [1.29, 1.82) is 0 Å². The lowest BCUT2D eigenvalue weighted by Gasteiger charge is -2.56. The average Bonchev–Trinajstić information content (AvgIpc) is 2.10. The quantitative estimate of drug-likeness (QED) is 0.607. The average molecular weight is 252 g/mol. The van der Waals surface area contributed by atoms with Crippen LogP contribution in [0.25, 0.3) is 0 Å². The van der Waals surface area contributed by atoms with E-state index in [1.165, 1.54) is 6.08 Å². The van der Waals surface area contributed by atoms with E-state index in [0.717, 1.165) is 25.7 Å². The normalized spacial score (nSPS) is 47.4. The zero-order chi connectivity index (χ0) is 13.6. The van der Waals surface area contributed by atoms with Crippen LogP contribution in [0.5, 0.6) is 0 Å². The number of ether oxygens (including phenoxy) is 1. The molecule has 102 valence electrons. The molecule has 0 amide bonds. The zero-order valence-electron chi connectivity index (χ0n) is 11.7. The van der Waals surface area contributed by atoms with Crippen molar-refractivity contribution < 1.29 is 14.6 Å². The Morgan fingerprint density at radius 1 is 1.33 bits per heavy atom. The highest BCUT2D eigenvalue weighted by Crippen LogP contribution is 2.56. The first kappa shape index (κ1) is 13.6. The minimum absolute atomic E-state index is 0.0703. The van der Waals surface area contributed by atoms with Gasteiger partial charge in [-0.15, -0.1) is 0 Å². The number of hydrogen-bond donors (Lipinski definition) is 1. The van der Waals surface area contributed by atoms with Gasteiger partial charge in [-0.2, -0.15) is 0 Å². The van der Waals surface area contributed by atoms with E-state index in [1.807, 2.05) is 6.92 Å². The minimum atomic E-state index is -0.680. The van der Waals surface area contributed by atoms with Crippen molar-refractivity contribution in [3.8, 4) is 0 Å². The monoisotopic (exact) mass is 252 g/mol. The van der Waals surface area contributed by atoms with E-state index in [4.69, 9.17) is 4.74 Å². The van der Waals surface area contributed by atoms with Crippen LogP contribution in [0, 0.1) is 11.3 Å². The molecule has 2 saturated carbocycles. The summed E-state index contributed by atoms with van der Waals surface area (Å²) in [7, 11) is 0. The molecule has 2 fully saturated rings. The van der Waals surface area contributed by atoms with Crippen molar-refractivity contribution in [1.82, 2.24) is 0 Å². The first-order valence-corrected chi connectivity index (χ1v) is 6.76. The van der Waals surface area contributed by atoms with Gasteiger partial charge in [0, 0.05) is 12.5 Å². The van der Waals surface area contributed by atoms with Crippen molar-refractivity contribution in [2.45, 2.75) is 64.1 Å². The van der Waals surface area contributed by atoms with E-state index >= 15 is 0 Å². The Balaban J connectivity index is 2.23. The Hall–Kier alpha value is -0.830. The molecule has 2 bridgehead atoms.